The molecule has 3 rings (SSSR count). The highest BCUT2D eigenvalue weighted by Crippen LogP contribution is 2.21. The van der Waals surface area contributed by atoms with Gasteiger partial charge >= 0.3 is 5.97 Å². The van der Waals surface area contributed by atoms with E-state index in [0.717, 1.165) is 5.56 Å². The number of benzene rings is 2. The number of para-hydroxylation sites is 1. The van der Waals surface area contributed by atoms with Gasteiger partial charge in [0.15, 0.2) is 6.61 Å². The van der Waals surface area contributed by atoms with Gasteiger partial charge < -0.3 is 15.0 Å². The summed E-state index contributed by atoms with van der Waals surface area (Å²) in [5.41, 5.74) is 3.08. The number of anilines is 1. The Bertz CT molecular complexity index is 1200. The molecule has 0 atom stereocenters. The second-order valence-electron chi connectivity index (χ2n) is 7.71. The van der Waals surface area contributed by atoms with Gasteiger partial charge in [0.1, 0.15) is 0 Å². The molecule has 172 valence electrons. The molecule has 0 fully saturated rings. The molecule has 3 aromatic rings. The summed E-state index contributed by atoms with van der Waals surface area (Å²) in [4.78, 5) is 43.6. The third-order valence-electron chi connectivity index (χ3n) is 5.11. The molecule has 1 N–H and O–H groups in total. The number of hydrogen-bond donors (Lipinski definition) is 1. The number of rotatable bonds is 8. The van der Waals surface area contributed by atoms with E-state index >= 15 is 0 Å². The van der Waals surface area contributed by atoms with Gasteiger partial charge in [0.05, 0.1) is 23.3 Å². The summed E-state index contributed by atoms with van der Waals surface area (Å²) in [5.74, 6) is -1.42. The van der Waals surface area contributed by atoms with E-state index in [4.69, 9.17) is 16.3 Å². The van der Waals surface area contributed by atoms with Crippen LogP contribution < -0.4 is 5.32 Å². The Labute approximate surface area is 197 Å². The monoisotopic (exact) mass is 467 g/mol. The zero-order valence-corrected chi connectivity index (χ0v) is 19.6. The number of nitrogens with one attached hydrogen (secondary N) is 1. The third-order valence-corrected chi connectivity index (χ3v) is 5.35. The molecule has 0 radical (unpaired) electrons. The van der Waals surface area contributed by atoms with Gasteiger partial charge in [-0.25, -0.2) is 4.79 Å². The number of fused-ring (bicyclic) bond motifs is 1. The average Bonchev–Trinajstić information content (AvgIpc) is 2.78. The molecule has 0 saturated heterocycles. The second kappa shape index (κ2) is 10.9. The van der Waals surface area contributed by atoms with Crippen LogP contribution in [0.4, 0.5) is 5.69 Å². The maximum absolute atomic E-state index is 12.7. The van der Waals surface area contributed by atoms with E-state index in [1.54, 1.807) is 37.3 Å². The topological polar surface area (TPSA) is 88.6 Å². The minimum absolute atomic E-state index is 0.131. The lowest BCUT2D eigenvalue weighted by atomic mass is 10.1. The fourth-order valence-corrected chi connectivity index (χ4v) is 3.57. The van der Waals surface area contributed by atoms with Crippen molar-refractivity contribution in [2.45, 2.75) is 27.2 Å². The number of hydrogen-bond acceptors (Lipinski definition) is 5. The van der Waals surface area contributed by atoms with Crippen molar-refractivity contribution in [3.8, 4) is 0 Å². The van der Waals surface area contributed by atoms with Gasteiger partial charge in [0.2, 0.25) is 5.91 Å². The second-order valence-corrected chi connectivity index (χ2v) is 8.15. The number of nitrogens with zero attached hydrogens (tertiary/aromatic N) is 2. The van der Waals surface area contributed by atoms with Crippen LogP contribution in [0.1, 0.15) is 35.0 Å². The lowest BCUT2D eigenvalue weighted by Crippen LogP contribution is -2.40. The van der Waals surface area contributed by atoms with Gasteiger partial charge in [0, 0.05) is 22.6 Å². The first-order chi connectivity index (χ1) is 15.8. The van der Waals surface area contributed by atoms with E-state index in [1.165, 1.54) is 4.90 Å². The smallest absolute Gasteiger partial charge is 0.340 e. The molecular formula is C25H26ClN3O4. The zero-order chi connectivity index (χ0) is 24.0. The van der Waals surface area contributed by atoms with Gasteiger partial charge in [-0.05, 0) is 56.2 Å². The minimum Gasteiger partial charge on any atom is -0.452 e. The molecule has 1 heterocycles. The number of carbonyl (C=O) groups excluding carboxylic acids is 3. The van der Waals surface area contributed by atoms with Crippen molar-refractivity contribution in [3.05, 3.63) is 70.4 Å². The van der Waals surface area contributed by atoms with Crippen LogP contribution in [0.25, 0.3) is 10.9 Å². The Morgan fingerprint density at radius 2 is 1.85 bits per heavy atom. The Kier molecular flexibility index (Phi) is 8.01. The highest BCUT2D eigenvalue weighted by Gasteiger charge is 2.20. The predicted octanol–water partition coefficient (Wildman–Crippen LogP) is 4.54. The molecule has 2 amide bonds. The van der Waals surface area contributed by atoms with E-state index in [9.17, 15) is 14.4 Å². The van der Waals surface area contributed by atoms with Crippen LogP contribution in [0, 0.1) is 13.8 Å². The molecule has 0 bridgehead atoms. The summed E-state index contributed by atoms with van der Waals surface area (Å²) in [6.07, 6.45) is 0.659. The van der Waals surface area contributed by atoms with Crippen LogP contribution in [0.2, 0.25) is 5.02 Å². The van der Waals surface area contributed by atoms with Gasteiger partial charge in [-0.15, -0.1) is 0 Å². The zero-order valence-electron chi connectivity index (χ0n) is 18.9. The number of ether oxygens (including phenoxy) is 1. The largest absolute Gasteiger partial charge is 0.452 e. The summed E-state index contributed by atoms with van der Waals surface area (Å²) in [6.45, 7) is 5.26. The Morgan fingerprint density at radius 3 is 2.58 bits per heavy atom. The molecule has 0 unspecified atom stereocenters. The number of halogens is 1. The number of amides is 2. The van der Waals surface area contributed by atoms with Crippen molar-refractivity contribution in [3.63, 3.8) is 0 Å². The molecule has 0 aliphatic rings. The number of aromatic nitrogens is 1. The summed E-state index contributed by atoms with van der Waals surface area (Å²) in [6, 6.07) is 14.3. The normalized spacial score (nSPS) is 10.7. The van der Waals surface area contributed by atoms with E-state index in [-0.39, 0.29) is 18.0 Å². The molecule has 8 heteroatoms. The predicted molar refractivity (Wildman–Crippen MR) is 128 cm³/mol. The maximum atomic E-state index is 12.7. The summed E-state index contributed by atoms with van der Waals surface area (Å²) < 4.78 is 5.26. The third kappa shape index (κ3) is 6.29. The van der Waals surface area contributed by atoms with Crippen LogP contribution in [-0.2, 0) is 14.3 Å². The van der Waals surface area contributed by atoms with Crippen molar-refractivity contribution < 1.29 is 19.1 Å². The Hall–Kier alpha value is -3.45. The number of pyridine rings is 1. The Balaban J connectivity index is 1.64. The van der Waals surface area contributed by atoms with Gasteiger partial charge in [-0.3, -0.25) is 14.6 Å². The van der Waals surface area contributed by atoms with Gasteiger partial charge in [0.25, 0.3) is 5.91 Å². The first-order valence-corrected chi connectivity index (χ1v) is 11.0. The minimum atomic E-state index is -0.656. The van der Waals surface area contributed by atoms with Crippen LogP contribution >= 0.6 is 11.6 Å². The number of aryl methyl sites for hydroxylation is 2. The summed E-state index contributed by atoms with van der Waals surface area (Å²) in [7, 11) is 0. The molecule has 2 aromatic carbocycles. The SMILES string of the molecule is CCCN(CC(=O)Nc1ccccc1C)C(=O)COC(=O)c1cc2cc(Cl)ccc2nc1C. The lowest BCUT2D eigenvalue weighted by molar-refractivity contribution is -0.137. The molecule has 7 nitrogen and oxygen atoms in total. The fourth-order valence-electron chi connectivity index (χ4n) is 3.38. The molecule has 0 aliphatic carbocycles. The fraction of sp³-hybridized carbons (Fsp3) is 0.280. The van der Waals surface area contributed by atoms with Crippen LogP contribution in [0.5, 0.6) is 0 Å². The van der Waals surface area contributed by atoms with E-state index in [2.05, 4.69) is 10.3 Å². The summed E-state index contributed by atoms with van der Waals surface area (Å²) in [5, 5.41) is 4.04. The van der Waals surface area contributed by atoms with Crippen molar-refractivity contribution >= 4 is 46.0 Å². The van der Waals surface area contributed by atoms with Crippen molar-refractivity contribution in [1.82, 2.24) is 9.88 Å². The molecular weight excluding hydrogens is 442 g/mol. The van der Waals surface area contributed by atoms with E-state index < -0.39 is 18.5 Å². The first-order valence-electron chi connectivity index (χ1n) is 10.7. The van der Waals surface area contributed by atoms with Crippen LogP contribution in [0.15, 0.2) is 48.5 Å². The van der Waals surface area contributed by atoms with Crippen LogP contribution in [0.3, 0.4) is 0 Å². The molecule has 1 aromatic heterocycles. The first kappa shape index (κ1) is 24.2. The highest BCUT2D eigenvalue weighted by molar-refractivity contribution is 6.31. The molecule has 0 saturated carbocycles. The molecule has 0 aliphatic heterocycles. The number of carbonyl (C=O) groups is 3. The van der Waals surface area contributed by atoms with Crippen LogP contribution in [-0.4, -0.2) is 47.4 Å². The molecule has 33 heavy (non-hydrogen) atoms. The van der Waals surface area contributed by atoms with E-state index in [1.807, 2.05) is 32.0 Å². The quantitative estimate of drug-likeness (QED) is 0.491. The highest BCUT2D eigenvalue weighted by atomic mass is 35.5. The lowest BCUT2D eigenvalue weighted by Gasteiger charge is -2.22. The van der Waals surface area contributed by atoms with Crippen molar-refractivity contribution in [2.24, 2.45) is 0 Å². The maximum Gasteiger partial charge on any atom is 0.340 e. The van der Waals surface area contributed by atoms with Gasteiger partial charge in [-0.2, -0.15) is 0 Å². The number of esters is 1. The summed E-state index contributed by atoms with van der Waals surface area (Å²) >= 11 is 6.03. The average molecular weight is 468 g/mol. The molecule has 0 spiro atoms. The van der Waals surface area contributed by atoms with Crippen molar-refractivity contribution in [2.75, 3.05) is 25.0 Å². The van der Waals surface area contributed by atoms with Gasteiger partial charge in [-0.1, -0.05) is 36.7 Å². The standard InChI is InChI=1S/C25H26ClN3O4/c1-4-11-29(14-23(30)28-21-8-6-5-7-16(21)2)24(31)15-33-25(32)20-13-18-12-19(26)9-10-22(18)27-17(20)3/h5-10,12-13H,4,11,14-15H2,1-3H3,(H,28,30). The Morgan fingerprint density at radius 1 is 1.09 bits per heavy atom. The van der Waals surface area contributed by atoms with E-state index in [0.29, 0.717) is 40.3 Å². The van der Waals surface area contributed by atoms with Crippen molar-refractivity contribution in [1.29, 1.82) is 0 Å².